The van der Waals surface area contributed by atoms with Crippen LogP contribution in [0.4, 0.5) is 0 Å². The SMILES string of the molecule is CCOc1ccc(C=C2SC(=S)N(CC(=O)[O-])C2=O)cc1OCC. The highest BCUT2D eigenvalue weighted by atomic mass is 32.2. The number of carboxylic acid groups (broad SMARTS) is 1. The smallest absolute Gasteiger partial charge is 0.266 e. The molecule has 0 spiro atoms. The van der Waals surface area contributed by atoms with Crippen molar-refractivity contribution >= 4 is 46.3 Å². The minimum absolute atomic E-state index is 0.200. The summed E-state index contributed by atoms with van der Waals surface area (Å²) in [6.45, 7) is 4.20. The van der Waals surface area contributed by atoms with Gasteiger partial charge in [-0.15, -0.1) is 0 Å². The van der Waals surface area contributed by atoms with Gasteiger partial charge in [-0.2, -0.15) is 0 Å². The monoisotopic (exact) mass is 366 g/mol. The maximum Gasteiger partial charge on any atom is 0.266 e. The molecule has 0 N–H and O–H groups in total. The fraction of sp³-hybridized carbons (Fsp3) is 0.312. The Morgan fingerprint density at radius 1 is 1.29 bits per heavy atom. The van der Waals surface area contributed by atoms with Crippen LogP contribution in [0, 0.1) is 0 Å². The highest BCUT2D eigenvalue weighted by molar-refractivity contribution is 8.26. The molecule has 1 heterocycles. The fourth-order valence-electron chi connectivity index (χ4n) is 2.07. The molecule has 0 bridgehead atoms. The van der Waals surface area contributed by atoms with Gasteiger partial charge in [-0.1, -0.05) is 30.0 Å². The van der Waals surface area contributed by atoms with Crippen LogP contribution in [0.3, 0.4) is 0 Å². The van der Waals surface area contributed by atoms with Gasteiger partial charge < -0.3 is 19.4 Å². The maximum absolute atomic E-state index is 12.2. The molecule has 1 aliphatic rings. The van der Waals surface area contributed by atoms with Crippen molar-refractivity contribution in [3.8, 4) is 11.5 Å². The van der Waals surface area contributed by atoms with E-state index in [2.05, 4.69) is 0 Å². The highest BCUT2D eigenvalue weighted by Crippen LogP contribution is 2.34. The van der Waals surface area contributed by atoms with Gasteiger partial charge in [-0.25, -0.2) is 0 Å². The molecule has 8 heteroatoms. The fourth-order valence-corrected chi connectivity index (χ4v) is 3.33. The molecule has 24 heavy (non-hydrogen) atoms. The lowest BCUT2D eigenvalue weighted by Gasteiger charge is -2.14. The molecule has 0 atom stereocenters. The number of aliphatic carboxylic acids is 1. The van der Waals surface area contributed by atoms with Gasteiger partial charge in [0.15, 0.2) is 11.5 Å². The number of amides is 1. The van der Waals surface area contributed by atoms with Crippen LogP contribution in [-0.2, 0) is 9.59 Å². The number of ether oxygens (including phenoxy) is 2. The van der Waals surface area contributed by atoms with E-state index in [0.717, 1.165) is 22.2 Å². The largest absolute Gasteiger partial charge is 0.548 e. The predicted octanol–water partition coefficient (Wildman–Crippen LogP) is 1.44. The van der Waals surface area contributed by atoms with E-state index >= 15 is 0 Å². The van der Waals surface area contributed by atoms with Crippen molar-refractivity contribution in [2.24, 2.45) is 0 Å². The number of hydrogen-bond donors (Lipinski definition) is 0. The van der Waals surface area contributed by atoms with E-state index in [9.17, 15) is 14.7 Å². The Kier molecular flexibility index (Phi) is 6.22. The summed E-state index contributed by atoms with van der Waals surface area (Å²) in [5.74, 6) is -0.590. The van der Waals surface area contributed by atoms with E-state index in [1.165, 1.54) is 0 Å². The molecule has 1 aromatic rings. The first-order valence-electron chi connectivity index (χ1n) is 7.31. The zero-order valence-electron chi connectivity index (χ0n) is 13.2. The number of thiocarbonyl (C=S) groups is 1. The second-order valence-corrected chi connectivity index (χ2v) is 6.39. The number of benzene rings is 1. The van der Waals surface area contributed by atoms with E-state index in [0.29, 0.717) is 29.6 Å². The summed E-state index contributed by atoms with van der Waals surface area (Å²) in [6, 6.07) is 5.32. The summed E-state index contributed by atoms with van der Waals surface area (Å²) in [6.07, 6.45) is 1.65. The molecular weight excluding hydrogens is 350 g/mol. The molecule has 1 saturated heterocycles. The number of carboxylic acids is 1. The van der Waals surface area contributed by atoms with E-state index in [4.69, 9.17) is 21.7 Å². The highest BCUT2D eigenvalue weighted by Gasteiger charge is 2.31. The lowest BCUT2D eigenvalue weighted by Crippen LogP contribution is -2.40. The van der Waals surface area contributed by atoms with Gasteiger partial charge in [-0.3, -0.25) is 9.69 Å². The molecule has 0 radical (unpaired) electrons. The Labute approximate surface area is 149 Å². The number of rotatable bonds is 7. The van der Waals surface area contributed by atoms with Gasteiger partial charge in [0.1, 0.15) is 4.32 Å². The number of carbonyl (C=O) groups is 2. The van der Waals surface area contributed by atoms with Crippen molar-refractivity contribution in [1.82, 2.24) is 4.90 Å². The van der Waals surface area contributed by atoms with Crippen molar-refractivity contribution in [3.05, 3.63) is 28.7 Å². The molecular formula is C16H16NO5S2-. The lowest BCUT2D eigenvalue weighted by molar-refractivity contribution is -0.305. The van der Waals surface area contributed by atoms with Crippen LogP contribution in [0.5, 0.6) is 11.5 Å². The molecule has 1 aromatic carbocycles. The molecule has 0 saturated carbocycles. The quantitative estimate of drug-likeness (QED) is 0.534. The predicted molar refractivity (Wildman–Crippen MR) is 93.7 cm³/mol. The molecule has 0 aliphatic carbocycles. The van der Waals surface area contributed by atoms with Crippen LogP contribution in [0.1, 0.15) is 19.4 Å². The second kappa shape index (κ2) is 8.16. The summed E-state index contributed by atoms with van der Waals surface area (Å²) in [5.41, 5.74) is 0.732. The summed E-state index contributed by atoms with van der Waals surface area (Å²) >= 11 is 6.10. The molecule has 1 aliphatic heterocycles. The Hall–Kier alpha value is -2.06. The topological polar surface area (TPSA) is 78.9 Å². The van der Waals surface area contributed by atoms with Crippen LogP contribution < -0.4 is 14.6 Å². The first-order chi connectivity index (χ1) is 11.5. The second-order valence-electron chi connectivity index (χ2n) is 4.71. The minimum Gasteiger partial charge on any atom is -0.548 e. The van der Waals surface area contributed by atoms with E-state index in [1.807, 2.05) is 13.8 Å². The van der Waals surface area contributed by atoms with Crippen LogP contribution in [-0.4, -0.2) is 40.9 Å². The standard InChI is InChI=1S/C16H17NO5S2/c1-3-21-11-6-5-10(7-12(11)22-4-2)8-13-15(20)17(9-14(18)19)16(23)24-13/h5-8H,3-4,9H2,1-2H3,(H,18,19)/p-1. The molecule has 0 unspecified atom stereocenters. The Morgan fingerprint density at radius 3 is 2.58 bits per heavy atom. The molecule has 6 nitrogen and oxygen atoms in total. The summed E-state index contributed by atoms with van der Waals surface area (Å²) in [4.78, 5) is 24.3. The first-order valence-corrected chi connectivity index (χ1v) is 8.53. The lowest BCUT2D eigenvalue weighted by atomic mass is 10.2. The van der Waals surface area contributed by atoms with Crippen molar-refractivity contribution in [3.63, 3.8) is 0 Å². The average molecular weight is 366 g/mol. The van der Waals surface area contributed by atoms with Gasteiger partial charge in [0.2, 0.25) is 0 Å². The minimum atomic E-state index is -1.35. The molecule has 0 aromatic heterocycles. The van der Waals surface area contributed by atoms with Crippen LogP contribution in [0.15, 0.2) is 23.1 Å². The van der Waals surface area contributed by atoms with Crippen molar-refractivity contribution in [2.75, 3.05) is 19.8 Å². The molecule has 1 amide bonds. The number of carbonyl (C=O) groups excluding carboxylic acids is 2. The summed E-state index contributed by atoms with van der Waals surface area (Å²) in [5, 5.41) is 10.7. The number of nitrogens with zero attached hydrogens (tertiary/aromatic N) is 1. The average Bonchev–Trinajstić information content (AvgIpc) is 2.77. The van der Waals surface area contributed by atoms with Crippen molar-refractivity contribution in [2.45, 2.75) is 13.8 Å². The normalized spacial score (nSPS) is 15.9. The summed E-state index contributed by atoms with van der Waals surface area (Å²) in [7, 11) is 0. The molecule has 128 valence electrons. The first kappa shape index (κ1) is 18.3. The summed E-state index contributed by atoms with van der Waals surface area (Å²) < 4.78 is 11.2. The number of thioether (sulfide) groups is 1. The van der Waals surface area contributed by atoms with Crippen molar-refractivity contribution in [1.29, 1.82) is 0 Å². The third-order valence-electron chi connectivity index (χ3n) is 3.03. The van der Waals surface area contributed by atoms with E-state index < -0.39 is 18.4 Å². The third kappa shape index (κ3) is 4.27. The maximum atomic E-state index is 12.2. The zero-order chi connectivity index (χ0) is 17.7. The van der Waals surface area contributed by atoms with Gasteiger partial charge >= 0.3 is 0 Å². The molecule has 1 fully saturated rings. The van der Waals surface area contributed by atoms with Crippen molar-refractivity contribution < 1.29 is 24.2 Å². The van der Waals surface area contributed by atoms with Gasteiger partial charge in [0.25, 0.3) is 5.91 Å². The Bertz CT molecular complexity index is 702. The Balaban J connectivity index is 2.27. The molecule has 2 rings (SSSR count). The third-order valence-corrected chi connectivity index (χ3v) is 4.40. The Morgan fingerprint density at radius 2 is 1.96 bits per heavy atom. The van der Waals surface area contributed by atoms with Crippen LogP contribution in [0.25, 0.3) is 6.08 Å². The van der Waals surface area contributed by atoms with Gasteiger partial charge in [-0.05, 0) is 37.6 Å². The van der Waals surface area contributed by atoms with E-state index in [1.54, 1.807) is 24.3 Å². The zero-order valence-corrected chi connectivity index (χ0v) is 14.9. The van der Waals surface area contributed by atoms with Crippen LogP contribution >= 0.6 is 24.0 Å². The van der Waals surface area contributed by atoms with Gasteiger partial charge in [0.05, 0.1) is 30.6 Å². The number of hydrogen-bond acceptors (Lipinski definition) is 7. The van der Waals surface area contributed by atoms with Gasteiger partial charge in [0, 0.05) is 0 Å². The van der Waals surface area contributed by atoms with E-state index in [-0.39, 0.29) is 4.32 Å². The van der Waals surface area contributed by atoms with Crippen LogP contribution in [0.2, 0.25) is 0 Å².